The Morgan fingerprint density at radius 2 is 1.73 bits per heavy atom. The van der Waals surface area contributed by atoms with E-state index in [1.54, 1.807) is 18.2 Å². The van der Waals surface area contributed by atoms with E-state index in [0.717, 1.165) is 16.8 Å². The molecule has 26 heavy (non-hydrogen) atoms. The van der Waals surface area contributed by atoms with Crippen molar-refractivity contribution in [3.63, 3.8) is 0 Å². The third-order valence-corrected chi connectivity index (χ3v) is 4.48. The van der Waals surface area contributed by atoms with E-state index < -0.39 is 6.04 Å². The molecule has 1 aliphatic rings. The normalized spacial score (nSPS) is 16.8. The van der Waals surface area contributed by atoms with Gasteiger partial charge in [-0.1, -0.05) is 17.7 Å². The molecule has 1 saturated heterocycles. The first-order valence-corrected chi connectivity index (χ1v) is 8.37. The number of carbonyl (C=O) groups is 2. The Kier molecular flexibility index (Phi) is 4.84. The summed E-state index contributed by atoms with van der Waals surface area (Å²) in [5.74, 6) is 0.489. The summed E-state index contributed by atoms with van der Waals surface area (Å²) in [5.41, 5.74) is 3.52. The zero-order valence-corrected chi connectivity index (χ0v) is 15.3. The summed E-state index contributed by atoms with van der Waals surface area (Å²) in [6.45, 7) is 3.99. The minimum absolute atomic E-state index is 0.112. The van der Waals surface area contributed by atoms with Crippen molar-refractivity contribution in [2.45, 2.75) is 26.3 Å². The van der Waals surface area contributed by atoms with Crippen LogP contribution in [0.5, 0.6) is 11.5 Å². The average Bonchev–Trinajstić information content (AvgIpc) is 2.90. The van der Waals surface area contributed by atoms with Gasteiger partial charge in [-0.15, -0.1) is 0 Å². The average molecular weight is 354 g/mol. The van der Waals surface area contributed by atoms with Gasteiger partial charge in [-0.2, -0.15) is 0 Å². The number of amides is 2. The van der Waals surface area contributed by atoms with Gasteiger partial charge in [0.25, 0.3) is 5.91 Å². The summed E-state index contributed by atoms with van der Waals surface area (Å²) >= 11 is 0. The summed E-state index contributed by atoms with van der Waals surface area (Å²) in [6, 6.07) is 10.3. The summed E-state index contributed by atoms with van der Waals surface area (Å²) in [6.07, 6.45) is 0.112. The first-order valence-electron chi connectivity index (χ1n) is 8.37. The van der Waals surface area contributed by atoms with Crippen LogP contribution in [0.25, 0.3) is 0 Å². The van der Waals surface area contributed by atoms with Crippen LogP contribution in [0.2, 0.25) is 0 Å². The number of nitrogens with zero attached hydrogens (tertiary/aromatic N) is 1. The molecular weight excluding hydrogens is 332 g/mol. The Bertz CT molecular complexity index is 863. The van der Waals surface area contributed by atoms with E-state index in [1.165, 1.54) is 19.1 Å². The highest BCUT2D eigenvalue weighted by atomic mass is 16.5. The topological polar surface area (TPSA) is 67.9 Å². The van der Waals surface area contributed by atoms with Gasteiger partial charge in [0, 0.05) is 11.8 Å². The maximum absolute atomic E-state index is 12.8. The van der Waals surface area contributed by atoms with Gasteiger partial charge in [0.15, 0.2) is 11.5 Å². The number of imide groups is 1. The van der Waals surface area contributed by atoms with Gasteiger partial charge < -0.3 is 14.8 Å². The van der Waals surface area contributed by atoms with Crippen LogP contribution in [0.1, 0.15) is 17.5 Å². The molecule has 1 aliphatic heterocycles. The molecule has 1 N–H and O–H groups in total. The molecule has 0 saturated carbocycles. The van der Waals surface area contributed by atoms with E-state index in [-0.39, 0.29) is 18.2 Å². The predicted octanol–water partition coefficient (Wildman–Crippen LogP) is 3.06. The number of aryl methyl sites for hydroxylation is 2. The Balaban J connectivity index is 1.85. The van der Waals surface area contributed by atoms with Crippen molar-refractivity contribution < 1.29 is 19.1 Å². The first kappa shape index (κ1) is 17.8. The fraction of sp³-hybridized carbons (Fsp3) is 0.300. The second kappa shape index (κ2) is 7.07. The Morgan fingerprint density at radius 3 is 2.38 bits per heavy atom. The number of carbonyl (C=O) groups excluding carboxylic acids is 2. The van der Waals surface area contributed by atoms with Gasteiger partial charge in [-0.25, -0.2) is 4.90 Å². The van der Waals surface area contributed by atoms with Gasteiger partial charge in [-0.3, -0.25) is 9.59 Å². The van der Waals surface area contributed by atoms with Crippen LogP contribution in [-0.4, -0.2) is 32.1 Å². The van der Waals surface area contributed by atoms with Crippen molar-refractivity contribution in [3.05, 3.63) is 47.5 Å². The zero-order chi connectivity index (χ0) is 18.8. The lowest BCUT2D eigenvalue weighted by Crippen LogP contribution is -2.34. The summed E-state index contributed by atoms with van der Waals surface area (Å²) < 4.78 is 10.5. The van der Waals surface area contributed by atoms with Crippen molar-refractivity contribution >= 4 is 23.2 Å². The molecule has 6 heteroatoms. The molecule has 1 atom stereocenters. The molecular formula is C20H22N2O4. The van der Waals surface area contributed by atoms with Gasteiger partial charge in [0.05, 0.1) is 26.3 Å². The van der Waals surface area contributed by atoms with E-state index in [0.29, 0.717) is 17.2 Å². The molecule has 1 fully saturated rings. The van der Waals surface area contributed by atoms with Crippen LogP contribution in [0.4, 0.5) is 11.4 Å². The largest absolute Gasteiger partial charge is 0.493 e. The SMILES string of the molecule is COc1ccc(N2C(=O)C[C@H](Nc3ccc(C)cc3C)C2=O)cc1OC. The standard InChI is InChI=1S/C20H22N2O4/c1-12-5-7-15(13(2)9-12)21-16-11-19(23)22(20(16)24)14-6-8-17(25-3)18(10-14)26-4/h5-10,16,21H,11H2,1-4H3/t16-/m0/s1. The van der Waals surface area contributed by atoms with Crippen LogP contribution in [0.3, 0.4) is 0 Å². The second-order valence-electron chi connectivity index (χ2n) is 6.33. The molecule has 0 spiro atoms. The van der Waals surface area contributed by atoms with Crippen LogP contribution < -0.4 is 19.7 Å². The van der Waals surface area contributed by atoms with Crippen molar-refractivity contribution in [3.8, 4) is 11.5 Å². The number of hydrogen-bond acceptors (Lipinski definition) is 5. The Labute approximate surface area is 152 Å². The number of benzene rings is 2. The third-order valence-electron chi connectivity index (χ3n) is 4.48. The van der Waals surface area contributed by atoms with E-state index in [2.05, 4.69) is 5.32 Å². The fourth-order valence-corrected chi connectivity index (χ4v) is 3.14. The van der Waals surface area contributed by atoms with E-state index >= 15 is 0 Å². The lowest BCUT2D eigenvalue weighted by Gasteiger charge is -2.18. The monoisotopic (exact) mass is 354 g/mol. The molecule has 2 amide bonds. The maximum atomic E-state index is 12.8. The summed E-state index contributed by atoms with van der Waals surface area (Å²) in [4.78, 5) is 26.5. The molecule has 6 nitrogen and oxygen atoms in total. The molecule has 2 aromatic carbocycles. The Hall–Kier alpha value is -3.02. The number of methoxy groups -OCH3 is 2. The van der Waals surface area contributed by atoms with Crippen molar-refractivity contribution in [1.82, 2.24) is 0 Å². The predicted molar refractivity (Wildman–Crippen MR) is 100.0 cm³/mol. The van der Waals surface area contributed by atoms with E-state index in [4.69, 9.17) is 9.47 Å². The molecule has 0 aromatic heterocycles. The van der Waals surface area contributed by atoms with Gasteiger partial charge in [-0.05, 0) is 37.6 Å². The number of ether oxygens (including phenoxy) is 2. The molecule has 0 unspecified atom stereocenters. The van der Waals surface area contributed by atoms with Gasteiger partial charge in [0.1, 0.15) is 6.04 Å². The number of nitrogens with one attached hydrogen (secondary N) is 1. The number of anilines is 2. The van der Waals surface area contributed by atoms with Crippen LogP contribution >= 0.6 is 0 Å². The van der Waals surface area contributed by atoms with E-state index in [9.17, 15) is 9.59 Å². The lowest BCUT2D eigenvalue weighted by atomic mass is 10.1. The quantitative estimate of drug-likeness (QED) is 0.836. The van der Waals surface area contributed by atoms with Crippen molar-refractivity contribution in [1.29, 1.82) is 0 Å². The molecule has 0 radical (unpaired) electrons. The molecule has 0 aliphatic carbocycles. The fourth-order valence-electron chi connectivity index (χ4n) is 3.14. The van der Waals surface area contributed by atoms with E-state index in [1.807, 2.05) is 32.0 Å². The molecule has 3 rings (SSSR count). The molecule has 1 heterocycles. The van der Waals surface area contributed by atoms with Crippen LogP contribution in [0.15, 0.2) is 36.4 Å². The van der Waals surface area contributed by atoms with Crippen LogP contribution in [-0.2, 0) is 9.59 Å². The van der Waals surface area contributed by atoms with Gasteiger partial charge in [0.2, 0.25) is 5.91 Å². The highest BCUT2D eigenvalue weighted by Gasteiger charge is 2.40. The highest BCUT2D eigenvalue weighted by Crippen LogP contribution is 2.34. The smallest absolute Gasteiger partial charge is 0.256 e. The zero-order valence-electron chi connectivity index (χ0n) is 15.3. The maximum Gasteiger partial charge on any atom is 0.256 e. The molecule has 136 valence electrons. The number of hydrogen-bond donors (Lipinski definition) is 1. The van der Waals surface area contributed by atoms with Crippen LogP contribution in [0, 0.1) is 13.8 Å². The summed E-state index contributed by atoms with van der Waals surface area (Å²) in [7, 11) is 3.05. The minimum atomic E-state index is -0.586. The third kappa shape index (κ3) is 3.22. The van der Waals surface area contributed by atoms with Crippen molar-refractivity contribution in [2.75, 3.05) is 24.4 Å². The molecule has 0 bridgehead atoms. The highest BCUT2D eigenvalue weighted by molar-refractivity contribution is 6.23. The van der Waals surface area contributed by atoms with Crippen molar-refractivity contribution in [2.24, 2.45) is 0 Å². The lowest BCUT2D eigenvalue weighted by molar-refractivity contribution is -0.121. The number of rotatable bonds is 5. The van der Waals surface area contributed by atoms with Gasteiger partial charge >= 0.3 is 0 Å². The minimum Gasteiger partial charge on any atom is -0.493 e. The summed E-state index contributed by atoms with van der Waals surface area (Å²) in [5, 5.41) is 3.20. The molecule has 2 aromatic rings. The first-order chi connectivity index (χ1) is 12.4. The Morgan fingerprint density at radius 1 is 1.00 bits per heavy atom. The second-order valence-corrected chi connectivity index (χ2v) is 6.33.